The van der Waals surface area contributed by atoms with Crippen LogP contribution in [-0.2, 0) is 14.3 Å². The number of thiazole rings is 1. The van der Waals surface area contributed by atoms with Gasteiger partial charge >= 0.3 is 5.97 Å². The fourth-order valence-electron chi connectivity index (χ4n) is 4.50. The van der Waals surface area contributed by atoms with E-state index in [1.54, 1.807) is 35.7 Å². The fourth-order valence-corrected chi connectivity index (χ4v) is 5.22. The summed E-state index contributed by atoms with van der Waals surface area (Å²) in [5, 5.41) is 6.34. The van der Waals surface area contributed by atoms with Gasteiger partial charge in [-0.2, -0.15) is 0 Å². The number of methoxy groups -OCH3 is 1. The van der Waals surface area contributed by atoms with Crippen LogP contribution < -0.4 is 15.5 Å². The van der Waals surface area contributed by atoms with Gasteiger partial charge < -0.3 is 25.2 Å². The number of carbonyl (C=O) groups is 3. The summed E-state index contributed by atoms with van der Waals surface area (Å²) < 4.78 is 5.83. The summed E-state index contributed by atoms with van der Waals surface area (Å²) in [4.78, 5) is 46.0. The number of ether oxygens (including phenoxy) is 1. The minimum absolute atomic E-state index is 0.0284. The van der Waals surface area contributed by atoms with Crippen LogP contribution in [0.3, 0.4) is 0 Å². The van der Waals surface area contributed by atoms with E-state index in [2.05, 4.69) is 15.6 Å². The largest absolute Gasteiger partial charge is 0.465 e. The maximum absolute atomic E-state index is 13.3. The molecule has 2 N–H and O–H groups in total. The first-order chi connectivity index (χ1) is 19.2. The van der Waals surface area contributed by atoms with E-state index in [1.807, 2.05) is 61.5 Å². The molecule has 4 aromatic rings. The van der Waals surface area contributed by atoms with Crippen molar-refractivity contribution in [3.8, 4) is 0 Å². The number of nitrogens with zero attached hydrogens (tertiary/aromatic N) is 3. The van der Waals surface area contributed by atoms with Gasteiger partial charge in [0.05, 0.1) is 45.4 Å². The van der Waals surface area contributed by atoms with E-state index in [0.29, 0.717) is 41.1 Å². The van der Waals surface area contributed by atoms with Crippen molar-refractivity contribution in [2.75, 3.05) is 50.3 Å². The molecule has 1 aromatic heterocycles. The number of anilines is 3. The molecule has 5 rings (SSSR count). The quantitative estimate of drug-likeness (QED) is 0.235. The Hall–Kier alpha value is -4.54. The predicted molar refractivity (Wildman–Crippen MR) is 159 cm³/mol. The van der Waals surface area contributed by atoms with Crippen molar-refractivity contribution in [3.63, 3.8) is 0 Å². The highest BCUT2D eigenvalue weighted by Gasteiger charge is 2.29. The summed E-state index contributed by atoms with van der Waals surface area (Å²) in [5.74, 6) is -0.735. The first kappa shape index (κ1) is 27.0. The average Bonchev–Trinajstić information content (AvgIpc) is 3.56. The lowest BCUT2D eigenvalue weighted by molar-refractivity contribution is -0.118. The van der Waals surface area contributed by atoms with Gasteiger partial charge in [0.25, 0.3) is 5.91 Å². The predicted octanol–water partition coefficient (Wildman–Crippen LogP) is 4.93. The molecule has 0 fully saturated rings. The molecule has 0 atom stereocenters. The Bertz CT molecular complexity index is 1640. The van der Waals surface area contributed by atoms with Crippen molar-refractivity contribution in [1.82, 2.24) is 9.88 Å². The van der Waals surface area contributed by atoms with Crippen LogP contribution in [0.1, 0.15) is 27.9 Å². The monoisotopic (exact) mass is 555 g/mol. The SMILES string of the molecule is COC(=O)c1ccc2c(c1)NC(=O)/C2=C(\Nc1ccc(N(C)C(=O)CCN(C)C)cc1)c1ccc2ncsc2c1. The van der Waals surface area contributed by atoms with Crippen LogP contribution in [0.4, 0.5) is 17.1 Å². The maximum atomic E-state index is 13.3. The third-order valence-electron chi connectivity index (χ3n) is 6.73. The maximum Gasteiger partial charge on any atom is 0.337 e. The molecule has 0 bridgehead atoms. The highest BCUT2D eigenvalue weighted by atomic mass is 32.1. The van der Waals surface area contributed by atoms with E-state index in [-0.39, 0.29) is 11.8 Å². The Balaban J connectivity index is 1.53. The van der Waals surface area contributed by atoms with E-state index in [0.717, 1.165) is 27.2 Å². The Kier molecular flexibility index (Phi) is 7.63. The van der Waals surface area contributed by atoms with Crippen molar-refractivity contribution in [1.29, 1.82) is 0 Å². The van der Waals surface area contributed by atoms with Crippen molar-refractivity contribution in [3.05, 3.63) is 82.9 Å². The number of esters is 1. The van der Waals surface area contributed by atoms with Crippen LogP contribution in [0.15, 0.2) is 66.2 Å². The Labute approximate surface area is 236 Å². The molecule has 2 amide bonds. The molecular weight excluding hydrogens is 526 g/mol. The van der Waals surface area contributed by atoms with Gasteiger partial charge in [-0.25, -0.2) is 9.78 Å². The van der Waals surface area contributed by atoms with Gasteiger partial charge in [0.1, 0.15) is 0 Å². The van der Waals surface area contributed by atoms with Crippen LogP contribution in [0.5, 0.6) is 0 Å². The summed E-state index contributed by atoms with van der Waals surface area (Å²) in [7, 11) is 6.96. The summed E-state index contributed by atoms with van der Waals surface area (Å²) in [6.45, 7) is 0.675. The van der Waals surface area contributed by atoms with Gasteiger partial charge in [-0.1, -0.05) is 12.1 Å². The number of benzene rings is 3. The van der Waals surface area contributed by atoms with E-state index in [1.165, 1.54) is 18.4 Å². The molecule has 0 aliphatic carbocycles. The molecule has 0 spiro atoms. The van der Waals surface area contributed by atoms with E-state index >= 15 is 0 Å². The van der Waals surface area contributed by atoms with Crippen molar-refractivity contribution in [2.45, 2.75) is 6.42 Å². The first-order valence-corrected chi connectivity index (χ1v) is 13.5. The number of hydrogen-bond donors (Lipinski definition) is 2. The van der Waals surface area contributed by atoms with E-state index < -0.39 is 5.97 Å². The Morgan fingerprint density at radius 3 is 2.48 bits per heavy atom. The highest BCUT2D eigenvalue weighted by molar-refractivity contribution is 7.16. The van der Waals surface area contributed by atoms with Crippen LogP contribution in [0, 0.1) is 0 Å². The molecule has 0 unspecified atom stereocenters. The normalized spacial score (nSPS) is 13.7. The number of carbonyl (C=O) groups excluding carboxylic acids is 3. The zero-order valence-corrected chi connectivity index (χ0v) is 23.5. The lowest BCUT2D eigenvalue weighted by Crippen LogP contribution is -2.29. The molecule has 1 aliphatic rings. The van der Waals surface area contributed by atoms with Gasteiger partial charge in [-0.15, -0.1) is 11.3 Å². The van der Waals surface area contributed by atoms with Crippen LogP contribution in [0.25, 0.3) is 21.5 Å². The fraction of sp³-hybridized carbons (Fsp3) is 0.200. The zero-order valence-electron chi connectivity index (χ0n) is 22.6. The molecule has 9 nitrogen and oxygen atoms in total. The number of amides is 2. The minimum atomic E-state index is -0.478. The van der Waals surface area contributed by atoms with Gasteiger partial charge in [0.15, 0.2) is 0 Å². The van der Waals surface area contributed by atoms with Gasteiger partial charge in [-0.3, -0.25) is 9.59 Å². The number of hydrogen-bond acceptors (Lipinski definition) is 8. The van der Waals surface area contributed by atoms with Crippen molar-refractivity contribution < 1.29 is 19.1 Å². The van der Waals surface area contributed by atoms with Gasteiger partial charge in [0.2, 0.25) is 5.91 Å². The molecule has 0 radical (unpaired) electrons. The standard InChI is InChI=1S/C30H29N5O4S/c1-34(2)14-13-26(36)35(3)21-9-7-20(8-10-21)32-28(18-6-12-23-25(16-18)40-17-31-23)27-22-11-5-19(30(38)39-4)15-24(22)33-29(27)37/h5-12,15-17,32H,13-14H2,1-4H3,(H,33,37)/b28-27-. The highest BCUT2D eigenvalue weighted by Crippen LogP contribution is 2.39. The van der Waals surface area contributed by atoms with Gasteiger partial charge in [0, 0.05) is 42.5 Å². The molecule has 10 heteroatoms. The van der Waals surface area contributed by atoms with Crippen LogP contribution in [0.2, 0.25) is 0 Å². The second-order valence-electron chi connectivity index (χ2n) is 9.67. The summed E-state index contributed by atoms with van der Waals surface area (Å²) >= 11 is 1.52. The Morgan fingerprint density at radius 2 is 1.75 bits per heavy atom. The molecule has 0 saturated heterocycles. The number of rotatable bonds is 8. The number of nitrogens with one attached hydrogen (secondary N) is 2. The smallest absolute Gasteiger partial charge is 0.337 e. The molecule has 3 aromatic carbocycles. The molecule has 204 valence electrons. The van der Waals surface area contributed by atoms with E-state index in [9.17, 15) is 14.4 Å². The summed E-state index contributed by atoms with van der Waals surface area (Å²) in [5.41, 5.74) is 7.62. The lowest BCUT2D eigenvalue weighted by Gasteiger charge is -2.20. The third kappa shape index (κ3) is 5.45. The van der Waals surface area contributed by atoms with E-state index in [4.69, 9.17) is 4.74 Å². The molecule has 1 aliphatic heterocycles. The van der Waals surface area contributed by atoms with Crippen molar-refractivity contribution >= 4 is 67.7 Å². The average molecular weight is 556 g/mol. The summed E-state index contributed by atoms with van der Waals surface area (Å²) in [6.07, 6.45) is 0.423. The second kappa shape index (κ2) is 11.3. The first-order valence-electron chi connectivity index (χ1n) is 12.7. The molecular formula is C30H29N5O4S. The molecule has 2 heterocycles. The minimum Gasteiger partial charge on any atom is -0.465 e. The molecule has 0 saturated carbocycles. The van der Waals surface area contributed by atoms with Gasteiger partial charge in [-0.05, 0) is 62.6 Å². The number of fused-ring (bicyclic) bond motifs is 2. The topological polar surface area (TPSA) is 104 Å². The summed E-state index contributed by atoms with van der Waals surface area (Å²) in [6, 6.07) is 18.4. The number of aromatic nitrogens is 1. The lowest BCUT2D eigenvalue weighted by atomic mass is 9.99. The molecule has 40 heavy (non-hydrogen) atoms. The van der Waals surface area contributed by atoms with Crippen LogP contribution >= 0.6 is 11.3 Å². The zero-order chi connectivity index (χ0) is 28.4. The van der Waals surface area contributed by atoms with Crippen molar-refractivity contribution in [2.24, 2.45) is 0 Å². The third-order valence-corrected chi connectivity index (χ3v) is 7.52. The van der Waals surface area contributed by atoms with Crippen LogP contribution in [-0.4, -0.2) is 62.5 Å². The second-order valence-corrected chi connectivity index (χ2v) is 10.6. The Morgan fingerprint density at radius 1 is 1.00 bits per heavy atom.